The van der Waals surface area contributed by atoms with Gasteiger partial charge in [0.1, 0.15) is 5.69 Å². The molecule has 1 aromatic carbocycles. The number of rotatable bonds is 4. The Morgan fingerprint density at radius 3 is 2.43 bits per heavy atom. The topological polar surface area (TPSA) is 58.4 Å². The van der Waals surface area contributed by atoms with Gasteiger partial charge < -0.3 is 14.6 Å². The number of amides is 1. The maximum atomic E-state index is 12.4. The van der Waals surface area contributed by atoms with Crippen molar-refractivity contribution >= 4 is 5.91 Å². The van der Waals surface area contributed by atoms with Crippen molar-refractivity contribution in [3.63, 3.8) is 0 Å². The normalized spacial score (nSPS) is 15.8. The molecule has 2 heterocycles. The largest absolute Gasteiger partial charge is 0.392 e. The first kappa shape index (κ1) is 15.7. The molecule has 1 amide bonds. The van der Waals surface area contributed by atoms with Crippen LogP contribution in [-0.2, 0) is 20.1 Å². The fourth-order valence-electron chi connectivity index (χ4n) is 3.14. The van der Waals surface area contributed by atoms with E-state index in [1.165, 1.54) is 5.56 Å². The SMILES string of the molecule is Cn1cnc(C(=O)N2CCC(Cc3ccc(CO)cc3)CC2)c1. The lowest BCUT2D eigenvalue weighted by Gasteiger charge is -2.31. The lowest BCUT2D eigenvalue weighted by atomic mass is 9.90. The van der Waals surface area contributed by atoms with Gasteiger partial charge in [-0.25, -0.2) is 4.98 Å². The fraction of sp³-hybridized carbons (Fsp3) is 0.444. The first-order valence-corrected chi connectivity index (χ1v) is 8.11. The molecule has 1 aliphatic heterocycles. The number of aliphatic hydroxyl groups is 1. The highest BCUT2D eigenvalue weighted by Crippen LogP contribution is 2.23. The third kappa shape index (κ3) is 3.79. The van der Waals surface area contributed by atoms with Crippen LogP contribution in [0.25, 0.3) is 0 Å². The minimum atomic E-state index is 0.0383. The van der Waals surface area contributed by atoms with Crippen LogP contribution in [0.2, 0.25) is 0 Å². The maximum absolute atomic E-state index is 12.4. The van der Waals surface area contributed by atoms with E-state index >= 15 is 0 Å². The molecule has 2 aromatic rings. The van der Waals surface area contributed by atoms with Crippen molar-refractivity contribution in [3.05, 3.63) is 53.6 Å². The number of carbonyl (C=O) groups excluding carboxylic acids is 1. The summed E-state index contributed by atoms with van der Waals surface area (Å²) in [4.78, 5) is 18.4. The Morgan fingerprint density at radius 1 is 1.22 bits per heavy atom. The summed E-state index contributed by atoms with van der Waals surface area (Å²) in [6.45, 7) is 1.69. The summed E-state index contributed by atoms with van der Waals surface area (Å²) in [6, 6.07) is 8.15. The van der Waals surface area contributed by atoms with Crippen LogP contribution in [0.3, 0.4) is 0 Å². The predicted octanol–water partition coefficient (Wildman–Crippen LogP) is 2.01. The summed E-state index contributed by atoms with van der Waals surface area (Å²) in [6.07, 6.45) is 6.53. The minimum absolute atomic E-state index is 0.0383. The van der Waals surface area contributed by atoms with Crippen molar-refractivity contribution in [2.75, 3.05) is 13.1 Å². The van der Waals surface area contributed by atoms with Gasteiger partial charge in [-0.05, 0) is 36.3 Å². The number of carbonyl (C=O) groups is 1. The molecule has 23 heavy (non-hydrogen) atoms. The first-order valence-electron chi connectivity index (χ1n) is 8.11. The van der Waals surface area contributed by atoms with Gasteiger partial charge >= 0.3 is 0 Å². The molecule has 1 N–H and O–H groups in total. The van der Waals surface area contributed by atoms with Gasteiger partial charge in [0.25, 0.3) is 5.91 Å². The third-order valence-corrected chi connectivity index (χ3v) is 4.56. The number of hydrogen-bond acceptors (Lipinski definition) is 3. The molecule has 122 valence electrons. The Balaban J connectivity index is 1.52. The van der Waals surface area contributed by atoms with Crippen molar-refractivity contribution in [2.45, 2.75) is 25.9 Å². The minimum Gasteiger partial charge on any atom is -0.392 e. The second-order valence-electron chi connectivity index (χ2n) is 6.34. The summed E-state index contributed by atoms with van der Waals surface area (Å²) in [5, 5.41) is 9.08. The van der Waals surface area contributed by atoms with Crippen LogP contribution < -0.4 is 0 Å². The number of aryl methyl sites for hydroxylation is 1. The van der Waals surface area contributed by atoms with Crippen molar-refractivity contribution in [3.8, 4) is 0 Å². The molecule has 0 unspecified atom stereocenters. The Labute approximate surface area is 136 Å². The van der Waals surface area contributed by atoms with Gasteiger partial charge in [-0.3, -0.25) is 4.79 Å². The Hall–Kier alpha value is -2.14. The number of aromatic nitrogens is 2. The zero-order chi connectivity index (χ0) is 16.2. The van der Waals surface area contributed by atoms with E-state index in [1.54, 1.807) is 17.1 Å². The second-order valence-corrected chi connectivity index (χ2v) is 6.34. The zero-order valence-corrected chi connectivity index (χ0v) is 13.5. The van der Waals surface area contributed by atoms with Gasteiger partial charge in [0, 0.05) is 26.3 Å². The van der Waals surface area contributed by atoms with E-state index in [9.17, 15) is 4.79 Å². The number of imidazole rings is 1. The van der Waals surface area contributed by atoms with Gasteiger partial charge in [0.2, 0.25) is 0 Å². The van der Waals surface area contributed by atoms with Gasteiger partial charge in [-0.2, -0.15) is 0 Å². The summed E-state index contributed by atoms with van der Waals surface area (Å²) in [5.41, 5.74) is 2.78. The van der Waals surface area contributed by atoms with Crippen LogP contribution in [0.15, 0.2) is 36.8 Å². The second kappa shape index (κ2) is 6.96. The van der Waals surface area contributed by atoms with Crippen LogP contribution in [0, 0.1) is 5.92 Å². The monoisotopic (exact) mass is 313 g/mol. The Bertz CT molecular complexity index is 655. The van der Waals surface area contributed by atoms with Gasteiger partial charge in [0.15, 0.2) is 0 Å². The van der Waals surface area contributed by atoms with Gasteiger partial charge in [0.05, 0.1) is 12.9 Å². The van der Waals surface area contributed by atoms with E-state index in [1.807, 2.05) is 24.1 Å². The summed E-state index contributed by atoms with van der Waals surface area (Å²) in [7, 11) is 1.87. The predicted molar refractivity (Wildman–Crippen MR) is 87.9 cm³/mol. The molecule has 0 radical (unpaired) electrons. The number of aliphatic hydroxyl groups excluding tert-OH is 1. The Morgan fingerprint density at radius 2 is 1.87 bits per heavy atom. The van der Waals surface area contributed by atoms with E-state index in [0.29, 0.717) is 11.6 Å². The average Bonchev–Trinajstić information content (AvgIpc) is 3.02. The molecule has 5 heteroatoms. The molecular formula is C18H23N3O2. The number of nitrogens with zero attached hydrogens (tertiary/aromatic N) is 3. The summed E-state index contributed by atoms with van der Waals surface area (Å²) < 4.78 is 1.80. The van der Waals surface area contributed by atoms with E-state index in [2.05, 4.69) is 17.1 Å². The number of hydrogen-bond donors (Lipinski definition) is 1. The molecule has 0 bridgehead atoms. The van der Waals surface area contributed by atoms with E-state index < -0.39 is 0 Å². The third-order valence-electron chi connectivity index (χ3n) is 4.56. The molecular weight excluding hydrogens is 290 g/mol. The number of piperidine rings is 1. The standard InChI is InChI=1S/C18H23N3O2/c1-20-11-17(19-13-20)18(23)21-8-6-15(7-9-21)10-14-2-4-16(12-22)5-3-14/h2-5,11,13,15,22H,6-10,12H2,1H3. The Kier molecular flexibility index (Phi) is 4.76. The van der Waals surface area contributed by atoms with Crippen LogP contribution >= 0.6 is 0 Å². The molecule has 1 fully saturated rings. The highest BCUT2D eigenvalue weighted by atomic mass is 16.3. The first-order chi connectivity index (χ1) is 11.2. The van der Waals surface area contributed by atoms with Crippen LogP contribution in [-0.4, -0.2) is 38.6 Å². The molecule has 5 nitrogen and oxygen atoms in total. The lowest BCUT2D eigenvalue weighted by molar-refractivity contribution is 0.0685. The lowest BCUT2D eigenvalue weighted by Crippen LogP contribution is -2.39. The molecule has 3 rings (SSSR count). The highest BCUT2D eigenvalue weighted by molar-refractivity contribution is 5.92. The van der Waals surface area contributed by atoms with E-state index in [4.69, 9.17) is 5.11 Å². The fourth-order valence-corrected chi connectivity index (χ4v) is 3.14. The van der Waals surface area contributed by atoms with Gasteiger partial charge in [-0.15, -0.1) is 0 Å². The molecule has 0 saturated carbocycles. The van der Waals surface area contributed by atoms with Crippen LogP contribution in [0.4, 0.5) is 0 Å². The van der Waals surface area contributed by atoms with Crippen molar-refractivity contribution < 1.29 is 9.90 Å². The van der Waals surface area contributed by atoms with Crippen molar-refractivity contribution in [2.24, 2.45) is 13.0 Å². The van der Waals surface area contributed by atoms with Gasteiger partial charge in [-0.1, -0.05) is 24.3 Å². The average molecular weight is 313 g/mol. The summed E-state index contributed by atoms with van der Waals surface area (Å²) in [5.74, 6) is 0.652. The van der Waals surface area contributed by atoms with Crippen LogP contribution in [0.5, 0.6) is 0 Å². The van der Waals surface area contributed by atoms with Crippen molar-refractivity contribution in [1.29, 1.82) is 0 Å². The van der Waals surface area contributed by atoms with Crippen molar-refractivity contribution in [1.82, 2.24) is 14.5 Å². The quantitative estimate of drug-likeness (QED) is 0.939. The maximum Gasteiger partial charge on any atom is 0.274 e. The number of benzene rings is 1. The molecule has 1 aliphatic rings. The summed E-state index contributed by atoms with van der Waals surface area (Å²) >= 11 is 0. The zero-order valence-electron chi connectivity index (χ0n) is 13.5. The highest BCUT2D eigenvalue weighted by Gasteiger charge is 2.24. The van der Waals surface area contributed by atoms with E-state index in [-0.39, 0.29) is 12.5 Å². The molecule has 0 spiro atoms. The molecule has 0 aliphatic carbocycles. The van der Waals surface area contributed by atoms with Crippen LogP contribution in [0.1, 0.15) is 34.5 Å². The smallest absolute Gasteiger partial charge is 0.274 e. The molecule has 1 aromatic heterocycles. The number of likely N-dealkylation sites (tertiary alicyclic amines) is 1. The molecule has 0 atom stereocenters. The van der Waals surface area contributed by atoms with E-state index in [0.717, 1.165) is 37.9 Å². The molecule has 1 saturated heterocycles.